The molecular formula is C6H5NOS. The van der Waals surface area contributed by atoms with E-state index in [1.165, 1.54) is 6.26 Å². The maximum Gasteiger partial charge on any atom is 0.131 e. The molecule has 0 N–H and O–H groups in total. The lowest BCUT2D eigenvalue weighted by Gasteiger charge is -1.84. The lowest BCUT2D eigenvalue weighted by atomic mass is 10.3. The Labute approximate surface area is 58.5 Å². The van der Waals surface area contributed by atoms with Crippen molar-refractivity contribution in [1.29, 1.82) is 5.26 Å². The minimum Gasteiger partial charge on any atom is -0.467 e. The second-order valence-corrected chi connectivity index (χ2v) is 1.84. The van der Waals surface area contributed by atoms with Crippen LogP contribution in [0.15, 0.2) is 16.7 Å². The van der Waals surface area contributed by atoms with Gasteiger partial charge in [0.1, 0.15) is 11.8 Å². The smallest absolute Gasteiger partial charge is 0.131 e. The van der Waals surface area contributed by atoms with Gasteiger partial charge < -0.3 is 4.42 Å². The molecule has 1 heterocycles. The molecule has 0 fully saturated rings. The topological polar surface area (TPSA) is 36.9 Å². The highest BCUT2D eigenvalue weighted by molar-refractivity contribution is 7.79. The van der Waals surface area contributed by atoms with Crippen LogP contribution in [-0.4, -0.2) is 0 Å². The fourth-order valence-electron chi connectivity index (χ4n) is 0.563. The standard InChI is InChI=1S/C6H5NOS/c7-3-5-1-2-8-6(5)4-9/h1-2,9H,4H2. The van der Waals surface area contributed by atoms with Crippen LogP contribution in [0.3, 0.4) is 0 Å². The summed E-state index contributed by atoms with van der Waals surface area (Å²) in [5.74, 6) is 1.12. The van der Waals surface area contributed by atoms with E-state index in [9.17, 15) is 0 Å². The molecule has 0 aromatic carbocycles. The summed E-state index contributed by atoms with van der Waals surface area (Å²) in [5.41, 5.74) is 0.574. The van der Waals surface area contributed by atoms with E-state index in [0.717, 1.165) is 0 Å². The van der Waals surface area contributed by atoms with Gasteiger partial charge in [-0.3, -0.25) is 0 Å². The van der Waals surface area contributed by atoms with E-state index in [-0.39, 0.29) is 0 Å². The summed E-state index contributed by atoms with van der Waals surface area (Å²) < 4.78 is 4.91. The van der Waals surface area contributed by atoms with Gasteiger partial charge in [0.05, 0.1) is 17.6 Å². The molecule has 0 spiro atoms. The summed E-state index contributed by atoms with van der Waals surface area (Å²) in [6, 6.07) is 3.61. The van der Waals surface area contributed by atoms with Gasteiger partial charge in [0.15, 0.2) is 0 Å². The molecule has 3 heteroatoms. The Morgan fingerprint density at radius 2 is 2.56 bits per heavy atom. The van der Waals surface area contributed by atoms with E-state index in [1.54, 1.807) is 6.07 Å². The first-order valence-corrected chi connectivity index (χ1v) is 3.09. The number of rotatable bonds is 1. The first-order valence-electron chi connectivity index (χ1n) is 2.46. The van der Waals surface area contributed by atoms with Crippen LogP contribution >= 0.6 is 12.6 Å². The van der Waals surface area contributed by atoms with Gasteiger partial charge in [-0.05, 0) is 6.07 Å². The highest BCUT2D eigenvalue weighted by atomic mass is 32.1. The lowest BCUT2D eigenvalue weighted by molar-refractivity contribution is 0.529. The highest BCUT2D eigenvalue weighted by Gasteiger charge is 2.00. The Hall–Kier alpha value is -0.880. The number of furan rings is 1. The second kappa shape index (κ2) is 2.60. The van der Waals surface area contributed by atoms with Crippen LogP contribution in [0.5, 0.6) is 0 Å². The van der Waals surface area contributed by atoms with Crippen LogP contribution in [0.1, 0.15) is 11.3 Å². The van der Waals surface area contributed by atoms with Crippen LogP contribution < -0.4 is 0 Å². The predicted octanol–water partition coefficient (Wildman–Crippen LogP) is 1.58. The van der Waals surface area contributed by atoms with Gasteiger partial charge in [0.2, 0.25) is 0 Å². The quantitative estimate of drug-likeness (QED) is 0.600. The first-order chi connectivity index (χ1) is 4.38. The Morgan fingerprint density at radius 1 is 1.78 bits per heavy atom. The van der Waals surface area contributed by atoms with Crippen LogP contribution in [0.2, 0.25) is 0 Å². The molecule has 0 radical (unpaired) electrons. The van der Waals surface area contributed by atoms with Crippen LogP contribution in [-0.2, 0) is 5.75 Å². The molecule has 0 saturated heterocycles. The Bertz CT molecular complexity index is 235. The maximum atomic E-state index is 8.39. The highest BCUT2D eigenvalue weighted by Crippen LogP contribution is 2.10. The second-order valence-electron chi connectivity index (χ2n) is 1.53. The van der Waals surface area contributed by atoms with Crippen molar-refractivity contribution in [2.75, 3.05) is 0 Å². The lowest BCUT2D eigenvalue weighted by Crippen LogP contribution is -1.75. The monoisotopic (exact) mass is 139 g/mol. The van der Waals surface area contributed by atoms with Crippen LogP contribution in [0.4, 0.5) is 0 Å². The number of hydrogen-bond acceptors (Lipinski definition) is 3. The third-order valence-corrected chi connectivity index (χ3v) is 1.30. The van der Waals surface area contributed by atoms with E-state index in [1.807, 2.05) is 6.07 Å². The fraction of sp³-hybridized carbons (Fsp3) is 0.167. The van der Waals surface area contributed by atoms with Crippen LogP contribution in [0.25, 0.3) is 0 Å². The normalized spacial score (nSPS) is 8.89. The molecule has 0 aliphatic carbocycles. The van der Waals surface area contributed by atoms with E-state index < -0.39 is 0 Å². The molecule has 1 aromatic rings. The number of nitrogens with zero attached hydrogens (tertiary/aromatic N) is 1. The van der Waals surface area contributed by atoms with Gasteiger partial charge in [0, 0.05) is 0 Å². The van der Waals surface area contributed by atoms with Gasteiger partial charge in [-0.1, -0.05) is 0 Å². The SMILES string of the molecule is N#Cc1ccoc1CS. The van der Waals surface area contributed by atoms with Crippen molar-refractivity contribution in [3.63, 3.8) is 0 Å². The summed E-state index contributed by atoms with van der Waals surface area (Å²) in [7, 11) is 0. The molecule has 0 saturated carbocycles. The predicted molar refractivity (Wildman–Crippen MR) is 36.1 cm³/mol. The van der Waals surface area contributed by atoms with Gasteiger partial charge in [-0.25, -0.2) is 0 Å². The Balaban J connectivity index is 3.02. The average molecular weight is 139 g/mol. The third-order valence-electron chi connectivity index (χ3n) is 1.01. The van der Waals surface area contributed by atoms with Gasteiger partial charge in [-0.15, -0.1) is 0 Å². The molecular weight excluding hydrogens is 134 g/mol. The average Bonchev–Trinajstić information content (AvgIpc) is 2.33. The number of nitriles is 1. The summed E-state index contributed by atoms with van der Waals surface area (Å²) in [5, 5.41) is 8.39. The summed E-state index contributed by atoms with van der Waals surface area (Å²) >= 11 is 3.95. The minimum absolute atomic E-state index is 0.482. The molecule has 0 amide bonds. The van der Waals surface area contributed by atoms with Crippen molar-refractivity contribution in [2.45, 2.75) is 5.75 Å². The molecule has 2 nitrogen and oxygen atoms in total. The van der Waals surface area contributed by atoms with E-state index in [0.29, 0.717) is 17.1 Å². The molecule has 9 heavy (non-hydrogen) atoms. The Morgan fingerprint density at radius 3 is 3.00 bits per heavy atom. The van der Waals surface area contributed by atoms with Crippen molar-refractivity contribution in [2.24, 2.45) is 0 Å². The molecule has 0 aliphatic rings. The zero-order valence-electron chi connectivity index (χ0n) is 4.66. The third kappa shape index (κ3) is 1.08. The summed E-state index contributed by atoms with van der Waals surface area (Å²) in [4.78, 5) is 0. The van der Waals surface area contributed by atoms with Crippen molar-refractivity contribution in [3.05, 3.63) is 23.7 Å². The molecule has 0 unspecified atom stereocenters. The van der Waals surface area contributed by atoms with E-state index in [2.05, 4.69) is 12.6 Å². The number of thiol groups is 1. The molecule has 0 bridgehead atoms. The molecule has 46 valence electrons. The first kappa shape index (κ1) is 6.24. The van der Waals surface area contributed by atoms with Gasteiger partial charge in [-0.2, -0.15) is 17.9 Å². The summed E-state index contributed by atoms with van der Waals surface area (Å²) in [6.45, 7) is 0. The van der Waals surface area contributed by atoms with Gasteiger partial charge in [0.25, 0.3) is 0 Å². The Kier molecular flexibility index (Phi) is 1.81. The minimum atomic E-state index is 0.482. The summed E-state index contributed by atoms with van der Waals surface area (Å²) in [6.07, 6.45) is 1.49. The molecule has 0 aliphatic heterocycles. The van der Waals surface area contributed by atoms with Crippen molar-refractivity contribution < 1.29 is 4.42 Å². The molecule has 0 atom stereocenters. The largest absolute Gasteiger partial charge is 0.467 e. The van der Waals surface area contributed by atoms with Crippen molar-refractivity contribution in [1.82, 2.24) is 0 Å². The zero-order valence-corrected chi connectivity index (χ0v) is 5.56. The van der Waals surface area contributed by atoms with E-state index >= 15 is 0 Å². The fourth-order valence-corrected chi connectivity index (χ4v) is 0.808. The molecule has 1 aromatic heterocycles. The maximum absolute atomic E-state index is 8.39. The van der Waals surface area contributed by atoms with Gasteiger partial charge >= 0.3 is 0 Å². The van der Waals surface area contributed by atoms with Crippen molar-refractivity contribution in [3.8, 4) is 6.07 Å². The van der Waals surface area contributed by atoms with E-state index in [4.69, 9.17) is 9.68 Å². The van der Waals surface area contributed by atoms with Crippen molar-refractivity contribution >= 4 is 12.6 Å². The zero-order chi connectivity index (χ0) is 6.69. The molecule has 1 rings (SSSR count). The number of hydrogen-bond donors (Lipinski definition) is 1. The van der Waals surface area contributed by atoms with Crippen LogP contribution in [0, 0.1) is 11.3 Å².